The van der Waals surface area contributed by atoms with E-state index in [4.69, 9.17) is 15.7 Å². The van der Waals surface area contributed by atoms with Crippen LogP contribution in [0.25, 0.3) is 0 Å². The van der Waals surface area contributed by atoms with E-state index < -0.39 is 5.82 Å². The molecule has 0 aliphatic carbocycles. The van der Waals surface area contributed by atoms with Crippen molar-refractivity contribution in [2.45, 2.75) is 6.54 Å². The van der Waals surface area contributed by atoms with Crippen LogP contribution in [-0.4, -0.2) is 18.2 Å². The fourth-order valence-corrected chi connectivity index (χ4v) is 1.90. The highest BCUT2D eigenvalue weighted by atomic mass is 19.1. The Morgan fingerprint density at radius 1 is 1.33 bits per heavy atom. The van der Waals surface area contributed by atoms with Crippen molar-refractivity contribution in [1.29, 1.82) is 0 Å². The Labute approximate surface area is 121 Å². The van der Waals surface area contributed by atoms with Crippen molar-refractivity contribution >= 4 is 11.5 Å². The number of rotatable bonds is 5. The number of oxime groups is 1. The van der Waals surface area contributed by atoms with E-state index in [2.05, 4.69) is 10.5 Å². The second kappa shape index (κ2) is 6.60. The lowest BCUT2D eigenvalue weighted by Gasteiger charge is -2.10. The lowest BCUT2D eigenvalue weighted by atomic mass is 10.1. The van der Waals surface area contributed by atoms with Crippen LogP contribution in [0.15, 0.2) is 47.6 Å². The minimum atomic E-state index is -0.511. The molecule has 2 rings (SSSR count). The molecule has 0 amide bonds. The van der Waals surface area contributed by atoms with Crippen LogP contribution < -0.4 is 15.8 Å². The zero-order chi connectivity index (χ0) is 15.2. The number of ether oxygens (including phenoxy) is 1. The van der Waals surface area contributed by atoms with Crippen molar-refractivity contribution in [3.05, 3.63) is 59.4 Å². The van der Waals surface area contributed by atoms with Crippen molar-refractivity contribution in [1.82, 2.24) is 0 Å². The quantitative estimate of drug-likeness (QED) is 0.342. The Balaban J connectivity index is 2.16. The molecule has 6 heteroatoms. The summed E-state index contributed by atoms with van der Waals surface area (Å²) in [6, 6.07) is 12.1. The Hall–Kier alpha value is -2.76. The first-order valence-corrected chi connectivity index (χ1v) is 6.29. The normalized spacial score (nSPS) is 11.2. The van der Waals surface area contributed by atoms with E-state index >= 15 is 0 Å². The van der Waals surface area contributed by atoms with Crippen molar-refractivity contribution in [3.8, 4) is 5.75 Å². The Morgan fingerprint density at radius 3 is 2.81 bits per heavy atom. The standard InChI is InChI=1S/C15H16FN3O2/c1-21-12-6-3-5-11(8-12)18-9-10-4-2-7-13(14(10)16)15(17)19-20/h2-8,18,20H,9H2,1H3,(H2,17,19). The molecule has 4 N–H and O–H groups in total. The molecule has 0 fully saturated rings. The molecule has 0 radical (unpaired) electrons. The van der Waals surface area contributed by atoms with Gasteiger partial charge < -0.3 is 21.0 Å². The van der Waals surface area contributed by atoms with Gasteiger partial charge in [-0.2, -0.15) is 0 Å². The lowest BCUT2D eigenvalue weighted by Crippen LogP contribution is -2.16. The van der Waals surface area contributed by atoms with Crippen LogP contribution in [0.4, 0.5) is 10.1 Å². The average molecular weight is 289 g/mol. The Kier molecular flexibility index (Phi) is 4.61. The smallest absolute Gasteiger partial charge is 0.173 e. The summed E-state index contributed by atoms with van der Waals surface area (Å²) in [6.45, 7) is 0.269. The monoisotopic (exact) mass is 289 g/mol. The SMILES string of the molecule is COc1cccc(NCc2cccc(/C(N)=N/O)c2F)c1. The summed E-state index contributed by atoms with van der Waals surface area (Å²) in [7, 11) is 1.58. The number of anilines is 1. The molecule has 0 heterocycles. The van der Waals surface area contributed by atoms with Crippen LogP contribution in [0.2, 0.25) is 0 Å². The second-order valence-electron chi connectivity index (χ2n) is 4.35. The number of hydrogen-bond donors (Lipinski definition) is 3. The van der Waals surface area contributed by atoms with Crippen molar-refractivity contribution in [3.63, 3.8) is 0 Å². The molecule has 2 aromatic rings. The number of nitrogens with one attached hydrogen (secondary N) is 1. The van der Waals surface area contributed by atoms with Gasteiger partial charge >= 0.3 is 0 Å². The third-order valence-electron chi connectivity index (χ3n) is 3.02. The molecule has 0 saturated carbocycles. The highest BCUT2D eigenvalue weighted by Gasteiger charge is 2.11. The minimum absolute atomic E-state index is 0.0717. The first-order valence-electron chi connectivity index (χ1n) is 6.29. The maximum atomic E-state index is 14.2. The van der Waals surface area contributed by atoms with Gasteiger partial charge in [-0.15, -0.1) is 0 Å². The van der Waals surface area contributed by atoms with Gasteiger partial charge in [-0.3, -0.25) is 0 Å². The van der Waals surface area contributed by atoms with Crippen molar-refractivity contribution in [2.75, 3.05) is 12.4 Å². The number of amidine groups is 1. The van der Waals surface area contributed by atoms with Crippen LogP contribution in [-0.2, 0) is 6.54 Å². The highest BCUT2D eigenvalue weighted by molar-refractivity contribution is 5.97. The molecule has 0 aliphatic rings. The van der Waals surface area contributed by atoms with Gasteiger partial charge in [0, 0.05) is 23.9 Å². The molecule has 0 atom stereocenters. The second-order valence-corrected chi connectivity index (χ2v) is 4.35. The van der Waals surface area contributed by atoms with Crippen LogP contribution >= 0.6 is 0 Å². The van der Waals surface area contributed by atoms with Crippen molar-refractivity contribution in [2.24, 2.45) is 10.9 Å². The highest BCUT2D eigenvalue weighted by Crippen LogP contribution is 2.19. The Bertz CT molecular complexity index is 659. The van der Waals surface area contributed by atoms with E-state index in [0.29, 0.717) is 11.3 Å². The fourth-order valence-electron chi connectivity index (χ4n) is 1.90. The number of methoxy groups -OCH3 is 1. The van der Waals surface area contributed by atoms with Gasteiger partial charge in [0.25, 0.3) is 0 Å². The van der Waals surface area contributed by atoms with E-state index in [1.807, 2.05) is 24.3 Å². The van der Waals surface area contributed by atoms with Gasteiger partial charge in [-0.25, -0.2) is 4.39 Å². The molecule has 0 saturated heterocycles. The van der Waals surface area contributed by atoms with Crippen molar-refractivity contribution < 1.29 is 14.3 Å². The molecule has 110 valence electrons. The van der Waals surface area contributed by atoms with E-state index in [0.717, 1.165) is 5.69 Å². The third-order valence-corrected chi connectivity index (χ3v) is 3.02. The summed E-state index contributed by atoms with van der Waals surface area (Å²) in [6.07, 6.45) is 0. The molecular weight excluding hydrogens is 273 g/mol. The first kappa shape index (κ1) is 14.6. The fraction of sp³-hybridized carbons (Fsp3) is 0.133. The van der Waals surface area contributed by atoms with Gasteiger partial charge in [-0.1, -0.05) is 23.4 Å². The van der Waals surface area contributed by atoms with E-state index in [1.165, 1.54) is 6.07 Å². The Morgan fingerprint density at radius 2 is 2.10 bits per heavy atom. The summed E-state index contributed by atoms with van der Waals surface area (Å²) in [5.74, 6) is -0.0511. The zero-order valence-electron chi connectivity index (χ0n) is 11.5. The predicted molar refractivity (Wildman–Crippen MR) is 79.2 cm³/mol. The van der Waals surface area contributed by atoms with Crippen LogP contribution in [0.5, 0.6) is 5.75 Å². The molecule has 0 unspecified atom stereocenters. The minimum Gasteiger partial charge on any atom is -0.497 e. The summed E-state index contributed by atoms with van der Waals surface area (Å²) >= 11 is 0. The molecule has 5 nitrogen and oxygen atoms in total. The number of benzene rings is 2. The van der Waals surface area contributed by atoms with Gasteiger partial charge in [0.15, 0.2) is 5.84 Å². The summed E-state index contributed by atoms with van der Waals surface area (Å²) in [5, 5.41) is 14.6. The topological polar surface area (TPSA) is 79.9 Å². The lowest BCUT2D eigenvalue weighted by molar-refractivity contribution is 0.318. The number of nitrogens with two attached hydrogens (primary N) is 1. The third kappa shape index (κ3) is 3.42. The maximum absolute atomic E-state index is 14.2. The largest absolute Gasteiger partial charge is 0.497 e. The van der Waals surface area contributed by atoms with Crippen LogP contribution in [0.3, 0.4) is 0 Å². The van der Waals surface area contributed by atoms with Gasteiger partial charge in [-0.05, 0) is 18.2 Å². The molecule has 0 aromatic heterocycles. The molecule has 2 aromatic carbocycles. The number of halogens is 1. The van der Waals surface area contributed by atoms with Crippen LogP contribution in [0, 0.1) is 5.82 Å². The van der Waals surface area contributed by atoms with Gasteiger partial charge in [0.1, 0.15) is 11.6 Å². The predicted octanol–water partition coefficient (Wildman–Crippen LogP) is 2.54. The molecular formula is C15H16FN3O2. The molecule has 0 bridgehead atoms. The zero-order valence-corrected chi connectivity index (χ0v) is 11.5. The summed E-state index contributed by atoms with van der Waals surface area (Å²) in [5.41, 5.74) is 6.73. The van der Waals surface area contributed by atoms with Gasteiger partial charge in [0.2, 0.25) is 0 Å². The first-order chi connectivity index (χ1) is 10.2. The molecule has 0 spiro atoms. The molecule has 21 heavy (non-hydrogen) atoms. The summed E-state index contributed by atoms with van der Waals surface area (Å²) in [4.78, 5) is 0. The van der Waals surface area contributed by atoms with E-state index in [1.54, 1.807) is 19.2 Å². The van der Waals surface area contributed by atoms with Crippen LogP contribution in [0.1, 0.15) is 11.1 Å². The van der Waals surface area contributed by atoms with E-state index in [9.17, 15) is 4.39 Å². The van der Waals surface area contributed by atoms with E-state index in [-0.39, 0.29) is 17.9 Å². The number of nitrogens with zero attached hydrogens (tertiary/aromatic N) is 1. The number of hydrogen-bond acceptors (Lipinski definition) is 4. The average Bonchev–Trinajstić information content (AvgIpc) is 2.53. The summed E-state index contributed by atoms with van der Waals surface area (Å²) < 4.78 is 19.3. The molecule has 0 aliphatic heterocycles. The van der Waals surface area contributed by atoms with Gasteiger partial charge in [0.05, 0.1) is 12.7 Å². The maximum Gasteiger partial charge on any atom is 0.173 e.